The Labute approximate surface area is 647 Å². The second kappa shape index (κ2) is 48.9. The van der Waals surface area contributed by atoms with Gasteiger partial charge in [0, 0.05) is 135 Å². The molecule has 0 aromatic rings. The van der Waals surface area contributed by atoms with Crippen molar-refractivity contribution < 1.29 is 168 Å². The number of carbonyl (C=O) groups is 12. The van der Waals surface area contributed by atoms with Crippen LogP contribution in [0.25, 0.3) is 0 Å². The van der Waals surface area contributed by atoms with Crippen LogP contribution in [0, 0.1) is 5.41 Å². The largest absolute Gasteiger partial charge is 0.463 e. The average molecular weight is 1640 g/mol. The van der Waals surface area contributed by atoms with E-state index >= 15 is 0 Å². The molecule has 42 heteroatoms. The molecule has 4 aliphatic heterocycles. The third-order valence-corrected chi connectivity index (χ3v) is 20.6. The SMILES string of the molecule is CO[C@H]1O[C@H](CSCCNC(=S)NCC(COCCCS[C@H]2O[C@H](COC(C)=O)[C@@H](OC(C)=O)[C@H](OC(C)=O)[C@@H]2OC(C)=O)(COCCCS[C@@H]2O[C@H](COC(C)=O)[C@@H](OC(C)=O)[C@H](OC(C)=O)[C@H]2OC(C)=O)COCCCS[C@@H]2O[C@H](COC(C)=O)[C@@H](OC(C)=O)[C@H](OC(C)=O)[C@H]2OC(C)=O)[C@@H](O)[C@H](O)[C@H]1O. The van der Waals surface area contributed by atoms with Crippen LogP contribution >= 0.6 is 59.3 Å². The highest BCUT2D eigenvalue weighted by atomic mass is 32.2. The van der Waals surface area contributed by atoms with E-state index in [4.69, 9.17) is 107 Å². The summed E-state index contributed by atoms with van der Waals surface area (Å²) in [6.45, 7) is 12.3. The number of thiocarbonyl (C=S) groups is 1. The van der Waals surface area contributed by atoms with E-state index in [1.165, 1.54) is 18.9 Å². The van der Waals surface area contributed by atoms with E-state index in [-0.39, 0.29) is 100 Å². The lowest BCUT2D eigenvalue weighted by molar-refractivity contribution is -0.284. The molecule has 5 N–H and O–H groups in total. The van der Waals surface area contributed by atoms with Crippen molar-refractivity contribution in [1.29, 1.82) is 0 Å². The van der Waals surface area contributed by atoms with Gasteiger partial charge < -0.3 is 121 Å². The number of aliphatic hydroxyl groups excluding tert-OH is 3. The summed E-state index contributed by atoms with van der Waals surface area (Å²) in [6, 6.07) is 0. The zero-order valence-electron chi connectivity index (χ0n) is 62.4. The summed E-state index contributed by atoms with van der Waals surface area (Å²) < 4.78 is 115. The van der Waals surface area contributed by atoms with E-state index in [2.05, 4.69) is 10.6 Å². The van der Waals surface area contributed by atoms with Crippen molar-refractivity contribution in [1.82, 2.24) is 10.6 Å². The van der Waals surface area contributed by atoms with Crippen molar-refractivity contribution in [2.75, 3.05) is 108 Å². The number of methoxy groups -OCH3 is 1. The Bertz CT molecular complexity index is 2690. The topological polar surface area (TPSA) is 474 Å². The maximum Gasteiger partial charge on any atom is 0.303 e. The second-order valence-corrected chi connectivity index (χ2v) is 30.1. The normalized spacial score (nSPS) is 28.2. The van der Waals surface area contributed by atoms with Gasteiger partial charge in [-0.3, -0.25) is 57.5 Å². The number of hydrogen-bond donors (Lipinski definition) is 5. The van der Waals surface area contributed by atoms with Crippen molar-refractivity contribution in [2.45, 2.75) is 223 Å². The van der Waals surface area contributed by atoms with Gasteiger partial charge in [0.25, 0.3) is 0 Å². The highest BCUT2D eigenvalue weighted by Gasteiger charge is 2.56. The molecule has 4 saturated heterocycles. The predicted octanol–water partition coefficient (Wildman–Crippen LogP) is 0.293. The number of aliphatic hydroxyl groups is 3. The van der Waals surface area contributed by atoms with E-state index in [9.17, 15) is 72.9 Å². The molecule has 4 rings (SSSR count). The van der Waals surface area contributed by atoms with Crippen molar-refractivity contribution in [3.8, 4) is 0 Å². The van der Waals surface area contributed by atoms with E-state index in [1.807, 2.05) is 0 Å². The lowest BCUT2D eigenvalue weighted by Crippen LogP contribution is -2.61. The molecule has 0 radical (unpaired) electrons. The first-order valence-corrected chi connectivity index (χ1v) is 39.1. The number of nitrogens with one attached hydrogen (secondary N) is 2. The molecule has 4 heterocycles. The quantitative estimate of drug-likeness (QED) is 0.0237. The molecule has 0 unspecified atom stereocenters. The number of esters is 12. The van der Waals surface area contributed by atoms with Gasteiger partial charge in [0.15, 0.2) is 66.3 Å². The van der Waals surface area contributed by atoms with Crippen molar-refractivity contribution in [3.63, 3.8) is 0 Å². The summed E-state index contributed by atoms with van der Waals surface area (Å²) in [7, 11) is 1.29. The van der Waals surface area contributed by atoms with Crippen LogP contribution in [0.5, 0.6) is 0 Å². The van der Waals surface area contributed by atoms with Crippen molar-refractivity contribution in [3.05, 3.63) is 0 Å². The zero-order valence-corrected chi connectivity index (χ0v) is 66.5. The van der Waals surface area contributed by atoms with Gasteiger partial charge >= 0.3 is 71.6 Å². The Morgan fingerprint density at radius 1 is 0.380 bits per heavy atom. The number of thioether (sulfide) groups is 4. The standard InChI is InChI=1S/C66H102N2O35S5/c1-33(69)88-25-45-52(91-36(4)72)55(94-39(7)75)58(97-42(10)78)62(101-45)106-21-14-18-85-30-66(29-68-65(104)67-17-24-105-28-48-49(81)50(82)51(83)61(84-13)100-48,31-86-19-15-22-107-63-59(98-43(11)79)56(95-40(8)76)53(92-37(5)73)46(102-63)26-89-34(2)70)32-87-20-16-23-108-64-60(99-44(12)80)57(96-41(9)77)54(93-38(6)74)47(103-64)27-90-35(3)71/h45-64,81-83H,14-32H2,1-13H3,(H2,67,68,104)/t45-,46-,47-,48-,49-,50+,51-,52-,53-,54-,55+,56+,57+,58-,59-,60+,61+,62+,63+,64-/m1/s1. The molecule has 4 aliphatic rings. The van der Waals surface area contributed by atoms with E-state index in [0.29, 0.717) is 5.75 Å². The molecule has 0 amide bonds. The van der Waals surface area contributed by atoms with Crippen molar-refractivity contribution in [2.24, 2.45) is 5.41 Å². The van der Waals surface area contributed by atoms with Gasteiger partial charge in [-0.2, -0.15) is 11.8 Å². The predicted molar refractivity (Wildman–Crippen MR) is 382 cm³/mol. The van der Waals surface area contributed by atoms with Crippen LogP contribution in [-0.2, 0) is 152 Å². The fourth-order valence-electron chi connectivity index (χ4n) is 11.2. The van der Waals surface area contributed by atoms with E-state index in [0.717, 1.165) is 118 Å². The van der Waals surface area contributed by atoms with E-state index in [1.54, 1.807) is 0 Å². The summed E-state index contributed by atoms with van der Waals surface area (Å²) in [5, 5.41) is 37.9. The number of rotatable bonds is 44. The number of hydrogen-bond acceptors (Lipinski definition) is 40. The van der Waals surface area contributed by atoms with Crippen LogP contribution in [0.4, 0.5) is 0 Å². The van der Waals surface area contributed by atoms with Crippen molar-refractivity contribution >= 4 is 136 Å². The summed E-state index contributed by atoms with van der Waals surface area (Å²) >= 11 is 10.6. The minimum absolute atomic E-state index is 0.00513. The van der Waals surface area contributed by atoms with Gasteiger partial charge in [0.1, 0.15) is 72.8 Å². The monoisotopic (exact) mass is 1640 g/mol. The highest BCUT2D eigenvalue weighted by Crippen LogP contribution is 2.39. The molecule has 0 aliphatic carbocycles. The Kier molecular flexibility index (Phi) is 42.9. The van der Waals surface area contributed by atoms with Crippen LogP contribution in [-0.4, -0.2) is 321 Å². The average Bonchev–Trinajstić information content (AvgIpc) is 0.802. The smallest absolute Gasteiger partial charge is 0.303 e. The Morgan fingerprint density at radius 2 is 0.685 bits per heavy atom. The minimum atomic E-state index is -1.52. The molecular weight excluding hydrogens is 1540 g/mol. The molecule has 0 aromatic carbocycles. The highest BCUT2D eigenvalue weighted by molar-refractivity contribution is 8.00. The third-order valence-electron chi connectivity index (χ3n) is 15.6. The number of carbonyl (C=O) groups excluding carboxylic acids is 12. The Morgan fingerprint density at radius 3 is 0.981 bits per heavy atom. The summed E-state index contributed by atoms with van der Waals surface area (Å²) in [5.74, 6) is -7.94. The molecule has 0 saturated carbocycles. The maximum absolute atomic E-state index is 12.6. The van der Waals surface area contributed by atoms with Gasteiger partial charge in [-0.1, -0.05) is 0 Å². The van der Waals surface area contributed by atoms with Crippen LogP contribution in [0.1, 0.15) is 102 Å². The van der Waals surface area contributed by atoms with Gasteiger partial charge in [-0.15, -0.1) is 35.3 Å². The fraction of sp³-hybridized carbons (Fsp3) is 0.803. The first-order chi connectivity index (χ1) is 51.0. The fourth-order valence-corrected chi connectivity index (χ4v) is 15.7. The van der Waals surface area contributed by atoms with E-state index < -0.39 is 217 Å². The zero-order chi connectivity index (χ0) is 80.4. The minimum Gasteiger partial charge on any atom is -0.463 e. The number of ether oxygens (including phenoxy) is 20. The third kappa shape index (κ3) is 33.7. The molecule has 37 nitrogen and oxygen atoms in total. The summed E-state index contributed by atoms with van der Waals surface area (Å²) in [4.78, 5) is 149. The van der Waals surface area contributed by atoms with Gasteiger partial charge in [0.2, 0.25) is 0 Å². The molecular formula is C66H102N2O35S5. The summed E-state index contributed by atoms with van der Waals surface area (Å²) in [6.07, 6.45) is -21.5. The first kappa shape index (κ1) is 94.7. The van der Waals surface area contributed by atoms with Gasteiger partial charge in [-0.05, 0) is 48.7 Å². The molecule has 0 aromatic heterocycles. The molecule has 4 fully saturated rings. The Hall–Kier alpha value is -5.71. The summed E-state index contributed by atoms with van der Waals surface area (Å²) in [5.41, 5.74) is -4.41. The maximum atomic E-state index is 12.6. The molecule has 616 valence electrons. The van der Waals surface area contributed by atoms with Crippen LogP contribution in [0.15, 0.2) is 0 Å². The molecule has 108 heavy (non-hydrogen) atoms. The molecule has 0 spiro atoms. The van der Waals surface area contributed by atoms with Crippen LogP contribution < -0.4 is 10.6 Å². The molecule has 0 bridgehead atoms. The lowest BCUT2D eigenvalue weighted by Gasteiger charge is -2.44. The Balaban J connectivity index is 1.67. The van der Waals surface area contributed by atoms with Gasteiger partial charge in [0.05, 0.1) is 31.3 Å². The second-order valence-electron chi connectivity index (χ2n) is 25.0. The van der Waals surface area contributed by atoms with Crippen LogP contribution in [0.2, 0.25) is 0 Å². The van der Waals surface area contributed by atoms with Crippen LogP contribution in [0.3, 0.4) is 0 Å². The first-order valence-electron chi connectivity index (χ1n) is 34.4. The van der Waals surface area contributed by atoms with Gasteiger partial charge in [-0.25, -0.2) is 0 Å². The molecule has 20 atom stereocenters. The lowest BCUT2D eigenvalue weighted by atomic mass is 9.90.